The normalized spacial score (nSPS) is 9.50. The predicted octanol–water partition coefficient (Wildman–Crippen LogP) is 0.766. The van der Waals surface area contributed by atoms with Crippen molar-refractivity contribution in [2.75, 3.05) is 11.9 Å². The summed E-state index contributed by atoms with van der Waals surface area (Å²) in [4.78, 5) is 10.8. The van der Waals surface area contributed by atoms with Crippen molar-refractivity contribution in [2.45, 2.75) is 0 Å². The summed E-state index contributed by atoms with van der Waals surface area (Å²) in [6.45, 7) is 3.73. The Kier molecular flexibility index (Phi) is 2.82. The molecular formula is C9H11N2O. The van der Waals surface area contributed by atoms with Crippen LogP contribution >= 0.6 is 0 Å². The van der Waals surface area contributed by atoms with Gasteiger partial charge in [0, 0.05) is 5.69 Å². The minimum atomic E-state index is -0.194. The quantitative estimate of drug-likeness (QED) is 0.676. The Balaban J connectivity index is 2.69. The highest BCUT2D eigenvalue weighted by atomic mass is 16.1. The lowest BCUT2D eigenvalue weighted by Gasteiger charge is -2.02. The SMILES string of the molecule is [CH2]c1cccc(NC(=O)CN)c1. The van der Waals surface area contributed by atoms with Gasteiger partial charge < -0.3 is 11.1 Å². The Hall–Kier alpha value is -1.35. The number of hydrogen-bond acceptors (Lipinski definition) is 2. The highest BCUT2D eigenvalue weighted by molar-refractivity contribution is 5.92. The number of nitrogens with two attached hydrogens (primary N) is 1. The first-order chi connectivity index (χ1) is 5.72. The van der Waals surface area contributed by atoms with Crippen LogP contribution in [0.3, 0.4) is 0 Å². The van der Waals surface area contributed by atoms with Gasteiger partial charge in [0.15, 0.2) is 0 Å². The molecule has 0 saturated heterocycles. The molecule has 1 rings (SSSR count). The van der Waals surface area contributed by atoms with Crippen LogP contribution in [-0.4, -0.2) is 12.5 Å². The fourth-order valence-electron chi connectivity index (χ4n) is 0.861. The van der Waals surface area contributed by atoms with Crippen LogP contribution in [0.15, 0.2) is 24.3 Å². The van der Waals surface area contributed by atoms with E-state index in [0.29, 0.717) is 0 Å². The zero-order valence-corrected chi connectivity index (χ0v) is 6.71. The maximum Gasteiger partial charge on any atom is 0.238 e. The van der Waals surface area contributed by atoms with Crippen LogP contribution in [0.4, 0.5) is 5.69 Å². The molecule has 1 amide bonds. The van der Waals surface area contributed by atoms with E-state index in [1.54, 1.807) is 12.1 Å². The van der Waals surface area contributed by atoms with Gasteiger partial charge in [-0.1, -0.05) is 12.1 Å². The molecule has 0 aliphatic heterocycles. The fourth-order valence-corrected chi connectivity index (χ4v) is 0.861. The van der Waals surface area contributed by atoms with Gasteiger partial charge in [-0.3, -0.25) is 4.79 Å². The zero-order valence-electron chi connectivity index (χ0n) is 6.71. The maximum atomic E-state index is 10.8. The molecule has 1 aromatic rings. The van der Waals surface area contributed by atoms with Crippen molar-refractivity contribution in [2.24, 2.45) is 5.73 Å². The molecule has 0 bridgehead atoms. The molecule has 1 radical (unpaired) electrons. The van der Waals surface area contributed by atoms with E-state index in [0.717, 1.165) is 11.3 Å². The Morgan fingerprint density at radius 3 is 2.92 bits per heavy atom. The zero-order chi connectivity index (χ0) is 8.97. The van der Waals surface area contributed by atoms with Gasteiger partial charge in [-0.2, -0.15) is 0 Å². The second-order valence-electron chi connectivity index (χ2n) is 2.45. The van der Waals surface area contributed by atoms with E-state index in [1.807, 2.05) is 12.1 Å². The van der Waals surface area contributed by atoms with Crippen molar-refractivity contribution in [3.8, 4) is 0 Å². The number of benzene rings is 1. The van der Waals surface area contributed by atoms with Gasteiger partial charge >= 0.3 is 0 Å². The number of amides is 1. The molecule has 0 heterocycles. The van der Waals surface area contributed by atoms with Crippen molar-refractivity contribution < 1.29 is 4.79 Å². The Morgan fingerprint density at radius 1 is 1.58 bits per heavy atom. The van der Waals surface area contributed by atoms with Crippen molar-refractivity contribution in [3.63, 3.8) is 0 Å². The molecule has 0 fully saturated rings. The van der Waals surface area contributed by atoms with Gasteiger partial charge in [0.1, 0.15) is 0 Å². The van der Waals surface area contributed by atoms with Crippen LogP contribution in [0.5, 0.6) is 0 Å². The van der Waals surface area contributed by atoms with Gasteiger partial charge in [0.05, 0.1) is 6.54 Å². The molecule has 3 heteroatoms. The molecule has 1 aromatic carbocycles. The number of nitrogens with one attached hydrogen (secondary N) is 1. The summed E-state index contributed by atoms with van der Waals surface area (Å²) in [6, 6.07) is 7.27. The summed E-state index contributed by atoms with van der Waals surface area (Å²) in [5.74, 6) is -0.194. The van der Waals surface area contributed by atoms with E-state index in [2.05, 4.69) is 12.2 Å². The molecule has 0 spiro atoms. The van der Waals surface area contributed by atoms with Gasteiger partial charge in [-0.25, -0.2) is 0 Å². The van der Waals surface area contributed by atoms with Gasteiger partial charge in [-0.15, -0.1) is 0 Å². The first-order valence-electron chi connectivity index (χ1n) is 3.64. The van der Waals surface area contributed by atoms with Crippen LogP contribution in [0.2, 0.25) is 0 Å². The Labute approximate surface area is 71.6 Å². The highest BCUT2D eigenvalue weighted by Gasteiger charge is 1.97. The maximum absolute atomic E-state index is 10.8. The average molecular weight is 163 g/mol. The summed E-state index contributed by atoms with van der Waals surface area (Å²) in [5, 5.41) is 2.63. The smallest absolute Gasteiger partial charge is 0.238 e. The number of hydrogen-bond donors (Lipinski definition) is 2. The van der Waals surface area contributed by atoms with E-state index in [1.165, 1.54) is 0 Å². The largest absolute Gasteiger partial charge is 0.325 e. The number of carbonyl (C=O) groups excluding carboxylic acids is 1. The van der Waals surface area contributed by atoms with E-state index in [-0.39, 0.29) is 12.5 Å². The van der Waals surface area contributed by atoms with Crippen LogP contribution in [0.1, 0.15) is 5.56 Å². The molecule has 0 aromatic heterocycles. The lowest BCUT2D eigenvalue weighted by atomic mass is 10.2. The molecule has 0 atom stereocenters. The average Bonchev–Trinajstić information content (AvgIpc) is 2.04. The lowest BCUT2D eigenvalue weighted by molar-refractivity contribution is -0.114. The standard InChI is InChI=1S/C9H11N2O/c1-7-3-2-4-8(5-7)11-9(12)6-10/h2-5H,1,6,10H2,(H,11,12). The first kappa shape index (κ1) is 8.74. The number of carbonyl (C=O) groups is 1. The minimum Gasteiger partial charge on any atom is -0.325 e. The second kappa shape index (κ2) is 3.88. The molecule has 0 unspecified atom stereocenters. The second-order valence-corrected chi connectivity index (χ2v) is 2.45. The molecule has 0 saturated carbocycles. The summed E-state index contributed by atoms with van der Waals surface area (Å²) in [5.41, 5.74) is 6.73. The highest BCUT2D eigenvalue weighted by Crippen LogP contribution is 2.08. The van der Waals surface area contributed by atoms with Crippen molar-refractivity contribution >= 4 is 11.6 Å². The van der Waals surface area contributed by atoms with Gasteiger partial charge in [0.2, 0.25) is 5.91 Å². The van der Waals surface area contributed by atoms with Gasteiger partial charge in [-0.05, 0) is 24.6 Å². The molecular weight excluding hydrogens is 152 g/mol. The topological polar surface area (TPSA) is 55.1 Å². The van der Waals surface area contributed by atoms with Gasteiger partial charge in [0.25, 0.3) is 0 Å². The minimum absolute atomic E-state index is 0.00136. The Bertz CT molecular complexity index is 284. The summed E-state index contributed by atoms with van der Waals surface area (Å²) >= 11 is 0. The molecule has 0 aliphatic rings. The molecule has 63 valence electrons. The first-order valence-corrected chi connectivity index (χ1v) is 3.64. The molecule has 12 heavy (non-hydrogen) atoms. The van der Waals surface area contributed by atoms with Crippen LogP contribution < -0.4 is 11.1 Å². The predicted molar refractivity (Wildman–Crippen MR) is 48.6 cm³/mol. The van der Waals surface area contributed by atoms with E-state index < -0.39 is 0 Å². The molecule has 0 aliphatic carbocycles. The summed E-state index contributed by atoms with van der Waals surface area (Å²) in [6.07, 6.45) is 0. The summed E-state index contributed by atoms with van der Waals surface area (Å²) in [7, 11) is 0. The Morgan fingerprint density at radius 2 is 2.33 bits per heavy atom. The van der Waals surface area contributed by atoms with Crippen molar-refractivity contribution in [1.82, 2.24) is 0 Å². The third kappa shape index (κ3) is 2.36. The van der Waals surface area contributed by atoms with Crippen LogP contribution in [0, 0.1) is 6.92 Å². The van der Waals surface area contributed by atoms with E-state index >= 15 is 0 Å². The van der Waals surface area contributed by atoms with E-state index in [4.69, 9.17) is 5.73 Å². The third-order valence-electron chi connectivity index (χ3n) is 1.40. The number of rotatable bonds is 2. The van der Waals surface area contributed by atoms with E-state index in [9.17, 15) is 4.79 Å². The van der Waals surface area contributed by atoms with Crippen LogP contribution in [0.25, 0.3) is 0 Å². The number of anilines is 1. The van der Waals surface area contributed by atoms with Crippen molar-refractivity contribution in [3.05, 3.63) is 36.8 Å². The van der Waals surface area contributed by atoms with Crippen LogP contribution in [-0.2, 0) is 4.79 Å². The third-order valence-corrected chi connectivity index (χ3v) is 1.40. The molecule has 3 nitrogen and oxygen atoms in total. The lowest BCUT2D eigenvalue weighted by Crippen LogP contribution is -2.21. The fraction of sp³-hybridized carbons (Fsp3) is 0.111. The monoisotopic (exact) mass is 163 g/mol. The summed E-state index contributed by atoms with van der Waals surface area (Å²) < 4.78 is 0. The molecule has 3 N–H and O–H groups in total. The van der Waals surface area contributed by atoms with Crippen molar-refractivity contribution in [1.29, 1.82) is 0 Å².